The zero-order valence-electron chi connectivity index (χ0n) is 14.1. The second-order valence-corrected chi connectivity index (χ2v) is 6.41. The number of hydrogen-bond donors (Lipinski definition) is 4. The summed E-state index contributed by atoms with van der Waals surface area (Å²) < 4.78 is 0. The van der Waals surface area contributed by atoms with Gasteiger partial charge in [0.25, 0.3) is 0 Å². The second-order valence-electron chi connectivity index (χ2n) is 6.41. The van der Waals surface area contributed by atoms with E-state index in [1.165, 1.54) is 18.2 Å². The summed E-state index contributed by atoms with van der Waals surface area (Å²) in [6.07, 6.45) is 4.27. The van der Waals surface area contributed by atoms with Crippen LogP contribution in [0.1, 0.15) is 24.1 Å². The van der Waals surface area contributed by atoms with Crippen LogP contribution in [0.3, 0.4) is 0 Å². The maximum absolute atomic E-state index is 5.70. The molecule has 0 bridgehead atoms. The van der Waals surface area contributed by atoms with Crippen molar-refractivity contribution >= 4 is 10.9 Å². The molecule has 5 N–H and O–H groups in total. The molecule has 0 spiro atoms. The first-order chi connectivity index (χ1) is 11.7. The molecule has 3 rings (SSSR count). The lowest BCUT2D eigenvalue weighted by molar-refractivity contribution is 0.259. The number of nitrogens with one attached hydrogen (secondary N) is 3. The Balaban J connectivity index is 1.53. The zero-order chi connectivity index (χ0) is 16.9. The highest BCUT2D eigenvalue weighted by atomic mass is 15.2. The first-order valence-corrected chi connectivity index (χ1v) is 8.54. The average molecular weight is 325 g/mol. The Labute approximate surface area is 143 Å². The summed E-state index contributed by atoms with van der Waals surface area (Å²) >= 11 is 0. The summed E-state index contributed by atoms with van der Waals surface area (Å²) in [7, 11) is 0. The van der Waals surface area contributed by atoms with Gasteiger partial charge in [-0.05, 0) is 42.8 Å². The highest BCUT2D eigenvalue weighted by Gasteiger charge is 2.17. The highest BCUT2D eigenvalue weighted by molar-refractivity contribution is 5.81. The predicted octanol–water partition coefficient (Wildman–Crippen LogP) is 2.38. The summed E-state index contributed by atoms with van der Waals surface area (Å²) in [6.45, 7) is 11.3. The first kappa shape index (κ1) is 16.5. The second kappa shape index (κ2) is 7.45. The van der Waals surface area contributed by atoms with Gasteiger partial charge in [-0.3, -0.25) is 0 Å². The smallest absolute Gasteiger partial charge is 0.0918 e. The minimum atomic E-state index is 0.423. The molecule has 0 aliphatic carbocycles. The van der Waals surface area contributed by atoms with Crippen LogP contribution in [0.15, 0.2) is 49.4 Å². The maximum Gasteiger partial charge on any atom is 0.0918 e. The van der Waals surface area contributed by atoms with Gasteiger partial charge >= 0.3 is 0 Å². The van der Waals surface area contributed by atoms with Crippen molar-refractivity contribution in [1.29, 1.82) is 0 Å². The van der Waals surface area contributed by atoms with E-state index in [1.807, 2.05) is 6.20 Å². The minimum absolute atomic E-state index is 0.423. The molecular weight excluding hydrogens is 298 g/mol. The molecule has 1 aliphatic rings. The van der Waals surface area contributed by atoms with Gasteiger partial charge in [0.15, 0.2) is 0 Å². The molecule has 1 atom stereocenters. The number of H-pyrrole nitrogens is 1. The first-order valence-electron chi connectivity index (χ1n) is 8.54. The van der Waals surface area contributed by atoms with E-state index in [4.69, 9.17) is 5.73 Å². The standard InChI is InChI=1S/C19H27N5/c1-3-24-8-4-5-17(13-24)22-14(2)21-12-18-10-16-9-15(11-20)6-7-19(16)23-18/h3,6-7,9-10,17,21-23H,1-2,4-5,8,11-13,20H2. The van der Waals surface area contributed by atoms with E-state index in [-0.39, 0.29) is 0 Å². The van der Waals surface area contributed by atoms with Gasteiger partial charge in [0.2, 0.25) is 0 Å². The molecule has 1 saturated heterocycles. The van der Waals surface area contributed by atoms with Crippen molar-refractivity contribution in [2.45, 2.75) is 32.0 Å². The highest BCUT2D eigenvalue weighted by Crippen LogP contribution is 2.17. The average Bonchev–Trinajstić information content (AvgIpc) is 3.02. The van der Waals surface area contributed by atoms with Crippen molar-refractivity contribution in [2.24, 2.45) is 5.73 Å². The van der Waals surface area contributed by atoms with Crippen LogP contribution in [0.25, 0.3) is 10.9 Å². The van der Waals surface area contributed by atoms with E-state index >= 15 is 0 Å². The third-order valence-corrected chi connectivity index (χ3v) is 4.56. The van der Waals surface area contributed by atoms with Crippen molar-refractivity contribution in [3.63, 3.8) is 0 Å². The topological polar surface area (TPSA) is 69.1 Å². The van der Waals surface area contributed by atoms with Crippen molar-refractivity contribution in [2.75, 3.05) is 13.1 Å². The number of fused-ring (bicyclic) bond motifs is 1. The van der Waals surface area contributed by atoms with E-state index in [9.17, 15) is 0 Å². The molecule has 24 heavy (non-hydrogen) atoms. The normalized spacial score (nSPS) is 17.7. The lowest BCUT2D eigenvalue weighted by Crippen LogP contribution is -2.44. The number of aromatic nitrogens is 1. The van der Waals surface area contributed by atoms with E-state index in [0.717, 1.165) is 42.2 Å². The summed E-state index contributed by atoms with van der Waals surface area (Å²) in [5.74, 6) is 0.868. The van der Waals surface area contributed by atoms with E-state index in [0.29, 0.717) is 12.6 Å². The van der Waals surface area contributed by atoms with E-state index in [2.05, 4.69) is 57.9 Å². The fraction of sp³-hybridized carbons (Fsp3) is 0.368. The summed E-state index contributed by atoms with van der Waals surface area (Å²) in [5.41, 5.74) is 9.13. The lowest BCUT2D eigenvalue weighted by atomic mass is 10.1. The van der Waals surface area contributed by atoms with Crippen LogP contribution < -0.4 is 16.4 Å². The Morgan fingerprint density at radius 3 is 3.08 bits per heavy atom. The largest absolute Gasteiger partial charge is 0.376 e. The molecule has 2 aromatic rings. The Hall–Kier alpha value is -2.40. The monoisotopic (exact) mass is 325 g/mol. The molecule has 1 unspecified atom stereocenters. The van der Waals surface area contributed by atoms with Crippen LogP contribution in [0.4, 0.5) is 0 Å². The molecule has 0 radical (unpaired) electrons. The van der Waals surface area contributed by atoms with Crippen LogP contribution in [0.2, 0.25) is 0 Å². The van der Waals surface area contributed by atoms with Crippen LogP contribution in [-0.2, 0) is 13.1 Å². The van der Waals surface area contributed by atoms with Gasteiger partial charge in [-0.15, -0.1) is 0 Å². The molecule has 2 heterocycles. The molecule has 1 aliphatic heterocycles. The van der Waals surface area contributed by atoms with E-state index in [1.54, 1.807) is 0 Å². The fourth-order valence-electron chi connectivity index (χ4n) is 3.25. The Morgan fingerprint density at radius 1 is 1.42 bits per heavy atom. The number of piperidine rings is 1. The van der Waals surface area contributed by atoms with Crippen molar-refractivity contribution in [3.05, 3.63) is 60.7 Å². The Bertz CT molecular complexity index is 718. The quantitative estimate of drug-likeness (QED) is 0.631. The molecule has 0 saturated carbocycles. The predicted molar refractivity (Wildman–Crippen MR) is 100 cm³/mol. The maximum atomic E-state index is 5.70. The molecular formula is C19H27N5. The van der Waals surface area contributed by atoms with Crippen LogP contribution in [-0.4, -0.2) is 29.0 Å². The van der Waals surface area contributed by atoms with Gasteiger partial charge in [0.1, 0.15) is 0 Å². The minimum Gasteiger partial charge on any atom is -0.376 e. The molecule has 128 valence electrons. The van der Waals surface area contributed by atoms with Crippen LogP contribution >= 0.6 is 0 Å². The number of nitrogens with two attached hydrogens (primary N) is 1. The van der Waals surface area contributed by atoms with Crippen LogP contribution in [0.5, 0.6) is 0 Å². The fourth-order valence-corrected chi connectivity index (χ4v) is 3.25. The van der Waals surface area contributed by atoms with Gasteiger partial charge in [-0.25, -0.2) is 0 Å². The van der Waals surface area contributed by atoms with Crippen molar-refractivity contribution in [1.82, 2.24) is 20.5 Å². The molecule has 5 nitrogen and oxygen atoms in total. The van der Waals surface area contributed by atoms with Crippen LogP contribution in [0, 0.1) is 0 Å². The van der Waals surface area contributed by atoms with Crippen molar-refractivity contribution in [3.8, 4) is 0 Å². The number of hydrogen-bond acceptors (Lipinski definition) is 4. The van der Waals surface area contributed by atoms with Gasteiger partial charge in [-0.2, -0.15) is 0 Å². The molecule has 1 fully saturated rings. The van der Waals surface area contributed by atoms with Gasteiger partial charge in [-0.1, -0.05) is 19.2 Å². The number of benzene rings is 1. The number of aromatic amines is 1. The number of rotatable bonds is 7. The lowest BCUT2D eigenvalue weighted by Gasteiger charge is -2.33. The summed E-state index contributed by atoms with van der Waals surface area (Å²) in [4.78, 5) is 5.68. The van der Waals surface area contributed by atoms with Gasteiger partial charge < -0.3 is 26.3 Å². The van der Waals surface area contributed by atoms with Gasteiger partial charge in [0.05, 0.1) is 12.4 Å². The summed E-state index contributed by atoms with van der Waals surface area (Å²) in [6, 6.07) is 8.86. The molecule has 1 aromatic heterocycles. The number of likely N-dealkylation sites (tertiary alicyclic amines) is 1. The molecule has 5 heteroatoms. The zero-order valence-corrected chi connectivity index (χ0v) is 14.1. The molecule has 1 aromatic carbocycles. The third-order valence-electron chi connectivity index (χ3n) is 4.56. The van der Waals surface area contributed by atoms with Gasteiger partial charge in [0, 0.05) is 42.3 Å². The third kappa shape index (κ3) is 3.92. The van der Waals surface area contributed by atoms with E-state index < -0.39 is 0 Å². The molecule has 0 amide bonds. The summed E-state index contributed by atoms with van der Waals surface area (Å²) in [5, 5.41) is 8.04. The SMILES string of the molecule is C=CN1CCCC(NC(=C)NCc2cc3cc(CN)ccc3[nH]2)C1. The number of nitrogens with zero attached hydrogens (tertiary/aromatic N) is 1. The Kier molecular flexibility index (Phi) is 5.11. The van der Waals surface area contributed by atoms with Crippen molar-refractivity contribution < 1.29 is 0 Å². The Morgan fingerprint density at radius 2 is 2.29 bits per heavy atom.